The van der Waals surface area contributed by atoms with E-state index in [1.807, 2.05) is 13.8 Å². The normalized spacial score (nSPS) is 24.6. The predicted octanol–water partition coefficient (Wildman–Crippen LogP) is -3.44. The summed E-state index contributed by atoms with van der Waals surface area (Å²) in [5.74, 6) is -20.7. The number of para-hydroxylation sites is 2. The highest BCUT2D eigenvalue weighted by Crippen LogP contribution is 2.29. The molecule has 17 amide bonds. The van der Waals surface area contributed by atoms with E-state index in [1.165, 1.54) is 82.5 Å². The van der Waals surface area contributed by atoms with Crippen LogP contribution in [-0.4, -0.2) is 326 Å². The molecule has 0 spiro atoms. The molecule has 6 aromatic rings. The van der Waals surface area contributed by atoms with Gasteiger partial charge in [0.05, 0.1) is 31.1 Å². The average Bonchev–Trinajstić information content (AvgIpc) is 1.60. The third-order valence-electron chi connectivity index (χ3n) is 24.2. The van der Waals surface area contributed by atoms with Crippen LogP contribution in [0, 0.1) is 0 Å². The van der Waals surface area contributed by atoms with Crippen molar-refractivity contribution in [3.63, 3.8) is 0 Å². The summed E-state index contributed by atoms with van der Waals surface area (Å²) in [5.41, 5.74) is 19.7. The number of fused-ring (bicyclic) bond motifs is 4. The van der Waals surface area contributed by atoms with Gasteiger partial charge in [-0.3, -0.25) is 91.1 Å². The highest BCUT2D eigenvalue weighted by molar-refractivity contribution is 8.00. The first-order valence-electron chi connectivity index (χ1n) is 44.9. The standard InChI is InChI=1S/C90H122N22O23S/c1-8-10-20-68-83(128)98-48(3)77(122)106-66(79(124)96-41-73(93)116)45-136-46-74(117)99-63(33-50-24-26-54(113)27-25-50)86(131)107(5)49(4)78(123)104-65(38-75(118)119)89(134)111-32-16-23-69(111)84(129)103-62(36-53-40-94-47-97-53)82(127)101-60(28-29-72(92)115)88(133)112-43-55(114)37-71(112)85(130)102-61(34-51-39-95-58-19-14-12-17-56(51)58)81(126)100-59(30-31-91)80(125)105-64(87(132)109(7)70(21-11-9-2)90(135)108(68)6)35-52-42-110(44-76(120)121)67-22-15-13-18-57(52)67/h12-15,17-19,22,24-27,39-40,42,47-49,55,59-66,68-71,95,113-114H,8-11,16,20-21,23,28-38,41,43-46,91H2,1-7H3,(H2,92,115)(H2,93,116)(H,94,97)(H,96,124)(H,98,128)(H,99,117)(H,100,126)(H,101,127)(H,102,130)(H,103,129)(H,104,123)(H,105,125)(H,106,122)(H,118,119)(H,120,121)/t48-,49-,55+,59-,60-,61-,62-,63-,64-,65-,66-,68-,69-,70-,71-/m0/s1. The number of phenolic OH excluding ortho intramolecular Hbond substituents is 1. The molecule has 736 valence electrons. The number of unbranched alkanes of at least 4 members (excludes halogenated alkanes) is 2. The van der Waals surface area contributed by atoms with Crippen molar-refractivity contribution >= 4 is 146 Å². The van der Waals surface area contributed by atoms with Crippen LogP contribution in [0.1, 0.15) is 134 Å². The molecule has 136 heavy (non-hydrogen) atoms. The smallest absolute Gasteiger partial charge is 0.323 e. The summed E-state index contributed by atoms with van der Waals surface area (Å²) in [6.45, 7) is 3.78. The second kappa shape index (κ2) is 49.8. The number of aliphatic hydroxyl groups is 1. The van der Waals surface area contributed by atoms with Crippen LogP contribution < -0.4 is 70.4 Å². The number of hydrogen-bond acceptors (Lipinski definition) is 24. The molecule has 9 rings (SSSR count). The van der Waals surface area contributed by atoms with Gasteiger partial charge in [-0.25, -0.2) is 4.98 Å². The number of nitrogens with two attached hydrogens (primary N) is 3. The van der Waals surface area contributed by atoms with Gasteiger partial charge < -0.3 is 130 Å². The summed E-state index contributed by atoms with van der Waals surface area (Å²) >= 11 is 0.750. The Morgan fingerprint density at radius 1 is 0.551 bits per heavy atom. The van der Waals surface area contributed by atoms with Crippen molar-refractivity contribution in [3.8, 4) is 5.75 Å². The molecule has 6 heterocycles. The molecule has 15 atom stereocenters. The molecule has 22 N–H and O–H groups in total. The first kappa shape index (κ1) is 106. The quantitative estimate of drug-likeness (QED) is 0.0251. The molecule has 3 aromatic carbocycles. The van der Waals surface area contributed by atoms with Gasteiger partial charge in [0.1, 0.15) is 96.9 Å². The molecule has 3 saturated heterocycles. The van der Waals surface area contributed by atoms with Gasteiger partial charge in [-0.15, -0.1) is 11.8 Å². The molecule has 45 nitrogen and oxygen atoms in total. The monoisotopic (exact) mass is 1910 g/mol. The number of carbonyl (C=O) groups excluding carboxylic acids is 17. The third-order valence-corrected chi connectivity index (χ3v) is 25.2. The molecule has 0 aliphatic carbocycles. The van der Waals surface area contributed by atoms with E-state index in [4.69, 9.17) is 17.2 Å². The number of benzene rings is 3. The van der Waals surface area contributed by atoms with Gasteiger partial charge in [0.15, 0.2) is 0 Å². The first-order valence-corrected chi connectivity index (χ1v) is 46.1. The largest absolute Gasteiger partial charge is 0.508 e. The lowest BCUT2D eigenvalue weighted by Gasteiger charge is -2.36. The summed E-state index contributed by atoms with van der Waals surface area (Å²) in [7, 11) is 3.81. The molecular weight excluding hydrogens is 1790 g/mol. The molecule has 0 saturated carbocycles. The maximum atomic E-state index is 15.9. The van der Waals surface area contributed by atoms with Crippen molar-refractivity contribution in [2.24, 2.45) is 17.2 Å². The summed E-state index contributed by atoms with van der Waals surface area (Å²) in [6.07, 6.45) is 1.21. The Kier molecular flexibility index (Phi) is 38.7. The van der Waals surface area contributed by atoms with Crippen molar-refractivity contribution in [1.82, 2.24) is 97.2 Å². The molecule has 0 bridgehead atoms. The summed E-state index contributed by atoms with van der Waals surface area (Å²) in [6, 6.07) is -3.59. The summed E-state index contributed by atoms with van der Waals surface area (Å²) < 4.78 is 1.42. The Labute approximate surface area is 786 Å². The molecule has 3 aliphatic rings. The Bertz CT molecular complexity index is 5340. The number of likely N-dealkylation sites (N-methyl/N-ethyl adjacent to an activating group) is 3. The number of carboxylic acid groups (broad SMARTS) is 2. The molecule has 0 radical (unpaired) electrons. The number of aliphatic hydroxyl groups excluding tert-OH is 1. The van der Waals surface area contributed by atoms with Crippen LogP contribution in [0.3, 0.4) is 0 Å². The number of nitrogens with zero attached hydrogens (tertiary/aromatic N) is 7. The molecule has 0 unspecified atom stereocenters. The number of primary amides is 2. The predicted molar refractivity (Wildman–Crippen MR) is 492 cm³/mol. The molecule has 46 heteroatoms. The van der Waals surface area contributed by atoms with Crippen molar-refractivity contribution < 1.29 is 112 Å². The topological polar surface area (TPSA) is 669 Å². The van der Waals surface area contributed by atoms with Crippen molar-refractivity contribution in [3.05, 3.63) is 120 Å². The Morgan fingerprint density at radius 2 is 1.14 bits per heavy atom. The minimum absolute atomic E-state index is 0.0168. The van der Waals surface area contributed by atoms with Gasteiger partial charge in [-0.05, 0) is 99.9 Å². The maximum Gasteiger partial charge on any atom is 0.323 e. The zero-order chi connectivity index (χ0) is 99.5. The van der Waals surface area contributed by atoms with Crippen LogP contribution in [0.2, 0.25) is 0 Å². The SMILES string of the molecule is CCCC[C@H]1C(=O)N(C)[C@@H](CCCC)C(=O)N[C@@H](C)C(=O)N[C@H](C(=O)NCC(N)=O)CSCC(=O)N[C@@H](Cc2ccc(O)cc2)C(=O)N(C)[C@@H](C)C(=O)N[C@@H](CC(=O)O)C(=O)N2CCC[C@H]2C(=O)N[C@@H](Cc2cnc[nH]2)C(=O)N[C@@H](CCC(N)=O)C(=O)N2C[C@H](O)C[C@H]2C(=O)N[C@@H](Cc2c[nH]c3ccccc23)C(=O)N[C@@H](CCN)C(=O)N[C@@H](Cc2cn(CC(=O)O)c3ccccc23)C(=O)N1C. The van der Waals surface area contributed by atoms with Gasteiger partial charge in [0.2, 0.25) is 100 Å². The van der Waals surface area contributed by atoms with Crippen LogP contribution in [0.5, 0.6) is 5.75 Å². The summed E-state index contributed by atoms with van der Waals surface area (Å²) in [5, 5.41) is 69.0. The van der Waals surface area contributed by atoms with E-state index >= 15 is 33.6 Å². The highest BCUT2D eigenvalue weighted by atomic mass is 32.2. The van der Waals surface area contributed by atoms with Crippen LogP contribution in [0.15, 0.2) is 97.7 Å². The van der Waals surface area contributed by atoms with Crippen LogP contribution in [0.25, 0.3) is 21.8 Å². The number of amides is 17. The molecule has 3 fully saturated rings. The number of hydrogen-bond donors (Lipinski definition) is 19. The van der Waals surface area contributed by atoms with E-state index in [9.17, 15) is 78.0 Å². The van der Waals surface area contributed by atoms with Gasteiger partial charge in [0.25, 0.3) is 0 Å². The zero-order valence-corrected chi connectivity index (χ0v) is 77.5. The Balaban J connectivity index is 1.11. The fourth-order valence-electron chi connectivity index (χ4n) is 16.7. The minimum atomic E-state index is -1.94. The number of carboxylic acids is 2. The maximum absolute atomic E-state index is 15.9. The Morgan fingerprint density at radius 3 is 1.79 bits per heavy atom. The van der Waals surface area contributed by atoms with E-state index in [1.54, 1.807) is 54.7 Å². The van der Waals surface area contributed by atoms with E-state index < -0.39 is 273 Å². The lowest BCUT2D eigenvalue weighted by atomic mass is 10.00. The van der Waals surface area contributed by atoms with E-state index in [0.29, 0.717) is 64.2 Å². The zero-order valence-electron chi connectivity index (χ0n) is 76.7. The number of aliphatic carboxylic acids is 2. The van der Waals surface area contributed by atoms with Gasteiger partial charge in [-0.1, -0.05) is 88.1 Å². The number of aromatic amines is 2. The number of nitrogens with one attached hydrogen (secondary N) is 12. The molecule has 3 aromatic heterocycles. The number of carbonyl (C=O) groups is 19. The fourth-order valence-corrected chi connectivity index (χ4v) is 17.5. The lowest BCUT2D eigenvalue weighted by Crippen LogP contribution is -2.61. The lowest BCUT2D eigenvalue weighted by molar-refractivity contribution is -0.149. The number of aromatic hydroxyl groups is 1. The van der Waals surface area contributed by atoms with Gasteiger partial charge in [-0.2, -0.15) is 0 Å². The minimum Gasteiger partial charge on any atom is -0.508 e. The highest BCUT2D eigenvalue weighted by Gasteiger charge is 2.47. The van der Waals surface area contributed by atoms with Gasteiger partial charge in [0, 0.05) is 125 Å². The van der Waals surface area contributed by atoms with Crippen molar-refractivity contribution in [2.75, 3.05) is 58.8 Å². The number of imidazole rings is 1. The number of phenols is 1. The van der Waals surface area contributed by atoms with Crippen LogP contribution in [-0.2, 0) is 123 Å². The van der Waals surface area contributed by atoms with E-state index in [0.717, 1.165) is 36.3 Å². The first-order chi connectivity index (χ1) is 64.7. The molecule has 3 aliphatic heterocycles. The van der Waals surface area contributed by atoms with E-state index in [-0.39, 0.29) is 69.5 Å². The Hall–Kier alpha value is -14.1. The fraction of sp³-hybridized carbons (Fsp3) is 0.511. The second-order valence-corrected chi connectivity index (χ2v) is 35.2. The van der Waals surface area contributed by atoms with Crippen molar-refractivity contribution in [1.29, 1.82) is 0 Å². The number of thioether (sulfide) groups is 1. The summed E-state index contributed by atoms with van der Waals surface area (Å²) in [4.78, 5) is 289. The van der Waals surface area contributed by atoms with Gasteiger partial charge >= 0.3 is 11.9 Å². The number of H-pyrrole nitrogens is 2. The third kappa shape index (κ3) is 28.8. The van der Waals surface area contributed by atoms with Crippen molar-refractivity contribution in [2.45, 2.75) is 234 Å². The van der Waals surface area contributed by atoms with Crippen LogP contribution >= 0.6 is 11.8 Å². The number of aromatic nitrogens is 4. The second-order valence-electron chi connectivity index (χ2n) is 34.2. The average molecular weight is 1910 g/mol. The number of rotatable bonds is 26. The molecular formula is C90H122N22O23S. The van der Waals surface area contributed by atoms with Crippen LogP contribution in [0.4, 0.5) is 0 Å². The van der Waals surface area contributed by atoms with E-state index in [2.05, 4.69) is 68.1 Å².